The van der Waals surface area contributed by atoms with Gasteiger partial charge in [-0.1, -0.05) is 0 Å². The van der Waals surface area contributed by atoms with E-state index >= 15 is 0 Å². The summed E-state index contributed by atoms with van der Waals surface area (Å²) in [5.74, 6) is -0.213. The molecule has 0 spiro atoms. The highest BCUT2D eigenvalue weighted by Crippen LogP contribution is 2.18. The molecule has 0 aromatic rings. The van der Waals surface area contributed by atoms with Gasteiger partial charge in [0.1, 0.15) is 6.61 Å². The van der Waals surface area contributed by atoms with Gasteiger partial charge in [0.25, 0.3) is 0 Å². The summed E-state index contributed by atoms with van der Waals surface area (Å²) in [7, 11) is -2.59. The van der Waals surface area contributed by atoms with E-state index in [9.17, 15) is 4.79 Å². The van der Waals surface area contributed by atoms with Crippen molar-refractivity contribution in [2.24, 2.45) is 5.73 Å². The fourth-order valence-electron chi connectivity index (χ4n) is 1.72. The second-order valence-electron chi connectivity index (χ2n) is 3.94. The molecular formula is C12H28N2O5Si. The second-order valence-corrected chi connectivity index (χ2v) is 6.67. The number of rotatable bonds is 13. The van der Waals surface area contributed by atoms with Gasteiger partial charge in [-0.25, -0.2) is 0 Å². The Morgan fingerprint density at radius 1 is 1.10 bits per heavy atom. The minimum Gasteiger partial charge on any atom is -0.374 e. The van der Waals surface area contributed by atoms with Gasteiger partial charge in [-0.2, -0.15) is 0 Å². The van der Waals surface area contributed by atoms with Gasteiger partial charge in [0, 0.05) is 32.5 Å². The van der Waals surface area contributed by atoms with E-state index in [1.165, 1.54) is 0 Å². The lowest BCUT2D eigenvalue weighted by Gasteiger charge is -2.28. The van der Waals surface area contributed by atoms with Crippen LogP contribution in [0.25, 0.3) is 0 Å². The van der Waals surface area contributed by atoms with Crippen LogP contribution in [0.2, 0.25) is 6.04 Å². The molecule has 0 aliphatic heterocycles. The van der Waals surface area contributed by atoms with E-state index in [0.29, 0.717) is 32.5 Å². The third-order valence-corrected chi connectivity index (χ3v) is 5.55. The molecule has 0 aromatic heterocycles. The maximum Gasteiger partial charge on any atom is 0.501 e. The highest BCUT2D eigenvalue weighted by molar-refractivity contribution is 6.60. The van der Waals surface area contributed by atoms with Crippen LogP contribution >= 0.6 is 0 Å². The van der Waals surface area contributed by atoms with Crippen molar-refractivity contribution in [2.75, 3.05) is 39.7 Å². The SMILES string of the molecule is CCO[Si](CCCOCC(=O)NCN)(OCC)OCC. The van der Waals surface area contributed by atoms with Crippen molar-refractivity contribution >= 4 is 14.7 Å². The van der Waals surface area contributed by atoms with Gasteiger partial charge < -0.3 is 29.1 Å². The van der Waals surface area contributed by atoms with Crippen LogP contribution in [0.15, 0.2) is 0 Å². The molecule has 0 unspecified atom stereocenters. The zero-order chi connectivity index (χ0) is 15.3. The van der Waals surface area contributed by atoms with Crippen LogP contribution in [0.4, 0.5) is 0 Å². The fraction of sp³-hybridized carbons (Fsp3) is 0.917. The van der Waals surface area contributed by atoms with Crippen molar-refractivity contribution < 1.29 is 22.8 Å². The molecule has 20 heavy (non-hydrogen) atoms. The Balaban J connectivity index is 4.02. The molecule has 1 amide bonds. The topological polar surface area (TPSA) is 92.0 Å². The summed E-state index contributed by atoms with van der Waals surface area (Å²) < 4.78 is 22.4. The predicted molar refractivity (Wildman–Crippen MR) is 78.1 cm³/mol. The molecule has 0 aromatic carbocycles. The quantitative estimate of drug-likeness (QED) is 0.292. The molecule has 8 heteroatoms. The van der Waals surface area contributed by atoms with E-state index in [0.717, 1.165) is 6.42 Å². The lowest BCUT2D eigenvalue weighted by atomic mass is 10.5. The molecule has 0 saturated heterocycles. The number of nitrogens with two attached hydrogens (primary N) is 1. The van der Waals surface area contributed by atoms with E-state index < -0.39 is 8.80 Å². The molecule has 0 aliphatic carbocycles. The Morgan fingerprint density at radius 2 is 1.65 bits per heavy atom. The van der Waals surface area contributed by atoms with Crippen LogP contribution in [-0.2, 0) is 22.8 Å². The predicted octanol–water partition coefficient (Wildman–Crippen LogP) is 0.474. The third-order valence-electron chi connectivity index (χ3n) is 2.40. The Kier molecular flexibility index (Phi) is 11.9. The minimum atomic E-state index is -2.59. The highest BCUT2D eigenvalue weighted by Gasteiger charge is 2.39. The van der Waals surface area contributed by atoms with Gasteiger partial charge in [-0.05, 0) is 27.2 Å². The average Bonchev–Trinajstić information content (AvgIpc) is 2.39. The largest absolute Gasteiger partial charge is 0.501 e. The van der Waals surface area contributed by atoms with Crippen LogP contribution in [0.1, 0.15) is 27.2 Å². The Hall–Kier alpha value is -0.513. The summed E-state index contributed by atoms with van der Waals surface area (Å²) in [6.07, 6.45) is 0.724. The van der Waals surface area contributed by atoms with Crippen molar-refractivity contribution in [2.45, 2.75) is 33.2 Å². The first-order chi connectivity index (χ1) is 9.64. The molecule has 0 bridgehead atoms. The summed E-state index contributed by atoms with van der Waals surface area (Å²) >= 11 is 0. The van der Waals surface area contributed by atoms with E-state index in [-0.39, 0.29) is 19.2 Å². The second kappa shape index (κ2) is 12.2. The van der Waals surface area contributed by atoms with Gasteiger partial charge in [0.15, 0.2) is 0 Å². The van der Waals surface area contributed by atoms with Gasteiger partial charge in [0.2, 0.25) is 5.91 Å². The summed E-state index contributed by atoms with van der Waals surface area (Å²) in [6.45, 7) is 8.05. The molecular weight excluding hydrogens is 280 g/mol. The number of ether oxygens (including phenoxy) is 1. The van der Waals surface area contributed by atoms with Gasteiger partial charge in [-0.3, -0.25) is 4.79 Å². The Morgan fingerprint density at radius 3 is 2.10 bits per heavy atom. The summed E-state index contributed by atoms with van der Waals surface area (Å²) in [6, 6.07) is 0.682. The van der Waals surface area contributed by atoms with Gasteiger partial charge >= 0.3 is 8.80 Å². The van der Waals surface area contributed by atoms with E-state index in [2.05, 4.69) is 5.32 Å². The number of carbonyl (C=O) groups excluding carboxylic acids is 1. The van der Waals surface area contributed by atoms with Crippen LogP contribution < -0.4 is 11.1 Å². The lowest BCUT2D eigenvalue weighted by molar-refractivity contribution is -0.125. The smallest absolute Gasteiger partial charge is 0.374 e. The summed E-state index contributed by atoms with van der Waals surface area (Å²) in [5, 5.41) is 2.46. The van der Waals surface area contributed by atoms with E-state index in [1.54, 1.807) is 0 Å². The number of carbonyl (C=O) groups is 1. The molecule has 7 nitrogen and oxygen atoms in total. The number of hydrogen-bond donors (Lipinski definition) is 2. The number of hydrogen-bond acceptors (Lipinski definition) is 6. The van der Waals surface area contributed by atoms with Crippen molar-refractivity contribution in [1.82, 2.24) is 5.32 Å². The molecule has 3 N–H and O–H groups in total. The first-order valence-electron chi connectivity index (χ1n) is 7.10. The average molecular weight is 308 g/mol. The van der Waals surface area contributed by atoms with E-state index in [1.807, 2.05) is 20.8 Å². The molecule has 0 radical (unpaired) electrons. The molecule has 0 saturated carbocycles. The monoisotopic (exact) mass is 308 g/mol. The Labute approximate surface area is 122 Å². The third kappa shape index (κ3) is 8.62. The Bertz CT molecular complexity index is 239. The van der Waals surface area contributed by atoms with Gasteiger partial charge in [-0.15, -0.1) is 0 Å². The molecule has 0 atom stereocenters. The number of nitrogens with one attached hydrogen (secondary N) is 1. The van der Waals surface area contributed by atoms with Crippen molar-refractivity contribution in [3.05, 3.63) is 0 Å². The minimum absolute atomic E-state index is 0.0175. The summed E-state index contributed by atoms with van der Waals surface area (Å²) in [4.78, 5) is 11.1. The summed E-state index contributed by atoms with van der Waals surface area (Å²) in [5.41, 5.74) is 5.19. The first kappa shape index (κ1) is 19.5. The van der Waals surface area contributed by atoms with Crippen molar-refractivity contribution in [3.63, 3.8) is 0 Å². The zero-order valence-electron chi connectivity index (χ0n) is 12.8. The van der Waals surface area contributed by atoms with Gasteiger partial charge in [0.05, 0.1) is 6.67 Å². The fourth-order valence-corrected chi connectivity index (χ4v) is 4.30. The normalized spacial score (nSPS) is 11.6. The van der Waals surface area contributed by atoms with Crippen LogP contribution in [0, 0.1) is 0 Å². The van der Waals surface area contributed by atoms with Crippen molar-refractivity contribution in [1.29, 1.82) is 0 Å². The van der Waals surface area contributed by atoms with Crippen LogP contribution in [0.3, 0.4) is 0 Å². The zero-order valence-corrected chi connectivity index (χ0v) is 13.8. The highest BCUT2D eigenvalue weighted by atomic mass is 28.4. The molecule has 0 fully saturated rings. The number of amides is 1. The maximum atomic E-state index is 11.1. The molecule has 0 heterocycles. The molecule has 0 aliphatic rings. The molecule has 0 rings (SSSR count). The van der Waals surface area contributed by atoms with Crippen molar-refractivity contribution in [3.8, 4) is 0 Å². The van der Waals surface area contributed by atoms with E-state index in [4.69, 9.17) is 23.7 Å². The first-order valence-corrected chi connectivity index (χ1v) is 9.03. The standard InChI is InChI=1S/C12H28N2O5Si/c1-4-17-20(18-5-2,19-6-3)9-7-8-16-10-12(15)14-11-13/h4-11,13H2,1-3H3,(H,14,15). The molecule has 120 valence electrons. The lowest BCUT2D eigenvalue weighted by Crippen LogP contribution is -2.46. The van der Waals surface area contributed by atoms with Crippen LogP contribution in [-0.4, -0.2) is 54.4 Å². The van der Waals surface area contributed by atoms with Crippen LogP contribution in [0.5, 0.6) is 0 Å². The maximum absolute atomic E-state index is 11.1.